The summed E-state index contributed by atoms with van der Waals surface area (Å²) in [6.07, 6.45) is -0.838. The van der Waals surface area contributed by atoms with Gasteiger partial charge in [-0.2, -0.15) is 0 Å². The number of alkyl halides is 2. The molecule has 1 rings (SSSR count). The Hall–Kier alpha value is -0.950. The van der Waals surface area contributed by atoms with Gasteiger partial charge < -0.3 is 15.8 Å². The molecule has 0 aromatic carbocycles. The fourth-order valence-electron chi connectivity index (χ4n) is 1.02. The van der Waals surface area contributed by atoms with Crippen molar-refractivity contribution in [3.63, 3.8) is 0 Å². The van der Waals surface area contributed by atoms with Crippen LogP contribution in [0.4, 0.5) is 20.3 Å². The lowest BCUT2D eigenvalue weighted by atomic mass is 10.4. The van der Waals surface area contributed by atoms with Gasteiger partial charge in [0.05, 0.1) is 12.3 Å². The number of rotatable bonds is 6. The lowest BCUT2D eigenvalue weighted by Gasteiger charge is -2.08. The molecule has 3 N–H and O–H groups in total. The summed E-state index contributed by atoms with van der Waals surface area (Å²) in [7, 11) is 0. The minimum atomic E-state index is -2.43. The Kier molecular flexibility index (Phi) is 5.41. The van der Waals surface area contributed by atoms with Crippen LogP contribution in [0.2, 0.25) is 0 Å². The van der Waals surface area contributed by atoms with Crippen LogP contribution in [-0.4, -0.2) is 31.2 Å². The second kappa shape index (κ2) is 6.59. The van der Waals surface area contributed by atoms with Crippen molar-refractivity contribution in [2.75, 3.05) is 30.8 Å². The number of aromatic nitrogens is 1. The first kappa shape index (κ1) is 13.1. The van der Waals surface area contributed by atoms with Crippen molar-refractivity contribution in [2.24, 2.45) is 0 Å². The Labute approximate surface area is 100 Å². The summed E-state index contributed by atoms with van der Waals surface area (Å²) < 4.78 is 28.9. The molecule has 0 aliphatic carbocycles. The fourth-order valence-corrected chi connectivity index (χ4v) is 1.37. The van der Waals surface area contributed by atoms with E-state index in [2.05, 4.69) is 26.2 Å². The Morgan fingerprint density at radius 1 is 1.56 bits per heavy atom. The minimum Gasteiger partial charge on any atom is -0.396 e. The summed E-state index contributed by atoms with van der Waals surface area (Å²) in [5.74, 6) is 0.517. The summed E-state index contributed by atoms with van der Waals surface area (Å²) in [5, 5.41) is 2.89. The number of nitrogens with two attached hydrogens (primary N) is 1. The molecule has 1 heterocycles. The van der Waals surface area contributed by atoms with Crippen LogP contribution < -0.4 is 11.1 Å². The van der Waals surface area contributed by atoms with E-state index < -0.39 is 13.0 Å². The lowest BCUT2D eigenvalue weighted by molar-refractivity contribution is 0.0215. The van der Waals surface area contributed by atoms with Gasteiger partial charge in [0.1, 0.15) is 12.4 Å². The first-order valence-corrected chi connectivity index (χ1v) is 5.39. The van der Waals surface area contributed by atoms with Crippen LogP contribution in [0.15, 0.2) is 16.7 Å². The Balaban J connectivity index is 2.27. The van der Waals surface area contributed by atoms with Gasteiger partial charge in [-0.15, -0.1) is 0 Å². The third-order valence-electron chi connectivity index (χ3n) is 1.67. The van der Waals surface area contributed by atoms with Crippen LogP contribution in [0.5, 0.6) is 0 Å². The molecule has 0 amide bonds. The summed E-state index contributed by atoms with van der Waals surface area (Å²) in [6, 6.07) is 1.70. The SMILES string of the molecule is Nc1cc(Br)cnc1NCCOCC(F)F. The second-order valence-corrected chi connectivity index (χ2v) is 3.90. The average Bonchev–Trinajstić information content (AvgIpc) is 2.20. The van der Waals surface area contributed by atoms with E-state index >= 15 is 0 Å². The molecule has 0 aliphatic heterocycles. The highest BCUT2D eigenvalue weighted by Crippen LogP contribution is 2.19. The van der Waals surface area contributed by atoms with Crippen LogP contribution in [0.25, 0.3) is 0 Å². The van der Waals surface area contributed by atoms with Crippen LogP contribution >= 0.6 is 15.9 Å². The number of pyridine rings is 1. The summed E-state index contributed by atoms with van der Waals surface area (Å²) in [5.41, 5.74) is 6.16. The van der Waals surface area contributed by atoms with Gasteiger partial charge in [0, 0.05) is 17.2 Å². The van der Waals surface area contributed by atoms with Crippen molar-refractivity contribution < 1.29 is 13.5 Å². The molecular weight excluding hydrogens is 284 g/mol. The maximum absolute atomic E-state index is 11.7. The maximum atomic E-state index is 11.7. The van der Waals surface area contributed by atoms with Crippen LogP contribution in [0, 0.1) is 0 Å². The first-order valence-electron chi connectivity index (χ1n) is 4.60. The number of anilines is 2. The van der Waals surface area contributed by atoms with E-state index in [1.165, 1.54) is 0 Å². The topological polar surface area (TPSA) is 60.2 Å². The van der Waals surface area contributed by atoms with Crippen molar-refractivity contribution in [1.82, 2.24) is 4.98 Å². The second-order valence-electron chi connectivity index (χ2n) is 2.98. The van der Waals surface area contributed by atoms with E-state index in [4.69, 9.17) is 10.5 Å². The number of nitrogens with one attached hydrogen (secondary N) is 1. The van der Waals surface area contributed by atoms with Crippen molar-refractivity contribution in [3.8, 4) is 0 Å². The van der Waals surface area contributed by atoms with E-state index in [9.17, 15) is 8.78 Å². The van der Waals surface area contributed by atoms with Gasteiger partial charge in [-0.05, 0) is 22.0 Å². The molecule has 0 bridgehead atoms. The van der Waals surface area contributed by atoms with Gasteiger partial charge in [0.2, 0.25) is 0 Å². The minimum absolute atomic E-state index is 0.182. The number of nitrogen functional groups attached to an aromatic ring is 1. The van der Waals surface area contributed by atoms with E-state index in [1.807, 2.05) is 0 Å². The normalized spacial score (nSPS) is 10.8. The van der Waals surface area contributed by atoms with Gasteiger partial charge in [-0.1, -0.05) is 0 Å². The fraction of sp³-hybridized carbons (Fsp3) is 0.444. The number of hydrogen-bond donors (Lipinski definition) is 2. The third-order valence-corrected chi connectivity index (χ3v) is 2.10. The highest BCUT2D eigenvalue weighted by atomic mass is 79.9. The molecule has 0 saturated carbocycles. The Morgan fingerprint density at radius 3 is 2.94 bits per heavy atom. The number of hydrogen-bond acceptors (Lipinski definition) is 4. The van der Waals surface area contributed by atoms with Crippen LogP contribution in [0.3, 0.4) is 0 Å². The van der Waals surface area contributed by atoms with Crippen molar-refractivity contribution >= 4 is 27.4 Å². The summed E-state index contributed by atoms with van der Waals surface area (Å²) in [4.78, 5) is 4.02. The molecule has 1 aromatic rings. The average molecular weight is 296 g/mol. The quantitative estimate of drug-likeness (QED) is 0.789. The molecule has 0 aliphatic rings. The zero-order valence-corrected chi connectivity index (χ0v) is 10.0. The van der Waals surface area contributed by atoms with Crippen molar-refractivity contribution in [2.45, 2.75) is 6.43 Å². The van der Waals surface area contributed by atoms with Crippen molar-refractivity contribution in [3.05, 3.63) is 16.7 Å². The molecule has 16 heavy (non-hydrogen) atoms. The molecule has 7 heteroatoms. The zero-order valence-electron chi connectivity index (χ0n) is 8.42. The molecule has 0 fully saturated rings. The molecule has 90 valence electrons. The molecule has 1 aromatic heterocycles. The van der Waals surface area contributed by atoms with Gasteiger partial charge >= 0.3 is 0 Å². The molecule has 0 spiro atoms. The largest absolute Gasteiger partial charge is 0.396 e. The lowest BCUT2D eigenvalue weighted by Crippen LogP contribution is -2.14. The number of halogens is 3. The van der Waals surface area contributed by atoms with Gasteiger partial charge in [0.25, 0.3) is 6.43 Å². The first-order chi connectivity index (χ1) is 7.59. The third kappa shape index (κ3) is 4.71. The zero-order chi connectivity index (χ0) is 12.0. The number of nitrogens with zero attached hydrogens (tertiary/aromatic N) is 1. The van der Waals surface area contributed by atoms with E-state index in [1.54, 1.807) is 12.3 Å². The highest BCUT2D eigenvalue weighted by Gasteiger charge is 2.02. The Bertz CT molecular complexity index is 339. The predicted molar refractivity (Wildman–Crippen MR) is 61.7 cm³/mol. The molecule has 0 atom stereocenters. The van der Waals surface area contributed by atoms with E-state index in [0.29, 0.717) is 18.1 Å². The molecule has 0 unspecified atom stereocenters. The summed E-state index contributed by atoms with van der Waals surface area (Å²) in [6.45, 7) is 0.0119. The molecule has 0 saturated heterocycles. The van der Waals surface area contributed by atoms with Crippen molar-refractivity contribution in [1.29, 1.82) is 0 Å². The molecule has 4 nitrogen and oxygen atoms in total. The molecule has 0 radical (unpaired) electrons. The Morgan fingerprint density at radius 2 is 2.31 bits per heavy atom. The van der Waals surface area contributed by atoms with Gasteiger partial charge in [-0.25, -0.2) is 13.8 Å². The predicted octanol–water partition coefficient (Wildman–Crippen LogP) is 2.12. The number of ether oxygens (including phenoxy) is 1. The molecular formula is C9H12BrF2N3O. The smallest absolute Gasteiger partial charge is 0.261 e. The van der Waals surface area contributed by atoms with E-state index in [0.717, 1.165) is 4.47 Å². The van der Waals surface area contributed by atoms with Crippen LogP contribution in [-0.2, 0) is 4.74 Å². The van der Waals surface area contributed by atoms with E-state index in [-0.39, 0.29) is 6.61 Å². The summed E-state index contributed by atoms with van der Waals surface area (Å²) >= 11 is 3.23. The maximum Gasteiger partial charge on any atom is 0.261 e. The monoisotopic (exact) mass is 295 g/mol. The van der Waals surface area contributed by atoms with Gasteiger partial charge in [-0.3, -0.25) is 0 Å². The standard InChI is InChI=1S/C9H12BrF2N3O/c10-6-3-7(13)9(15-4-6)14-1-2-16-5-8(11)12/h3-4,8H,1-2,5,13H2,(H,14,15). The van der Waals surface area contributed by atoms with Gasteiger partial charge in [0.15, 0.2) is 0 Å². The highest BCUT2D eigenvalue weighted by molar-refractivity contribution is 9.10. The van der Waals surface area contributed by atoms with Crippen LogP contribution in [0.1, 0.15) is 0 Å².